The fourth-order valence-corrected chi connectivity index (χ4v) is 4.78. The molecule has 2 aliphatic carbocycles. The summed E-state index contributed by atoms with van der Waals surface area (Å²) in [5.74, 6) is -3.00. The van der Waals surface area contributed by atoms with Crippen LogP contribution in [-0.2, 0) is 0 Å². The van der Waals surface area contributed by atoms with Crippen LogP contribution in [0.5, 0.6) is 0 Å². The van der Waals surface area contributed by atoms with E-state index in [0.29, 0.717) is 11.5 Å². The highest BCUT2D eigenvalue weighted by Gasteiger charge is 2.44. The maximum absolute atomic E-state index is 14.6. The zero-order chi connectivity index (χ0) is 16.6. The monoisotopic (exact) mass is 328 g/mol. The Bertz CT molecular complexity index is 533. The van der Waals surface area contributed by atoms with Crippen molar-refractivity contribution in [3.05, 3.63) is 35.1 Å². The molecule has 0 radical (unpaired) electrons. The Hall–Kier alpha value is -1.06. The Morgan fingerprint density at radius 2 is 1.65 bits per heavy atom. The smallest absolute Gasteiger partial charge is 0.194 e. The Morgan fingerprint density at radius 1 is 1.00 bits per heavy atom. The van der Waals surface area contributed by atoms with Gasteiger partial charge in [-0.3, -0.25) is 0 Å². The molecule has 0 aromatic heterocycles. The first kappa shape index (κ1) is 16.8. The normalized spacial score (nSPS) is 34.2. The minimum Gasteiger partial charge on any atom is -0.247 e. The third-order valence-corrected chi connectivity index (χ3v) is 5.94. The van der Waals surface area contributed by atoms with Gasteiger partial charge in [0.15, 0.2) is 17.5 Å². The summed E-state index contributed by atoms with van der Waals surface area (Å²) in [5.41, 5.74) is 0.516. The molecular weight excluding hydrogens is 304 g/mol. The second kappa shape index (κ2) is 6.82. The van der Waals surface area contributed by atoms with Crippen LogP contribution in [0.1, 0.15) is 63.4 Å². The van der Waals surface area contributed by atoms with E-state index in [0.717, 1.165) is 57.1 Å². The lowest BCUT2D eigenvalue weighted by molar-refractivity contribution is 0.179. The Morgan fingerprint density at radius 3 is 2.30 bits per heavy atom. The molecule has 4 heteroatoms. The van der Waals surface area contributed by atoms with Crippen molar-refractivity contribution in [2.24, 2.45) is 17.8 Å². The molecule has 2 fully saturated rings. The predicted molar refractivity (Wildman–Crippen MR) is 82.4 cm³/mol. The molecule has 1 aromatic carbocycles. The first-order chi connectivity index (χ1) is 11.0. The average molecular weight is 328 g/mol. The van der Waals surface area contributed by atoms with Gasteiger partial charge in [0.05, 0.1) is 0 Å². The quantitative estimate of drug-likeness (QED) is 0.461. The molecule has 128 valence electrons. The summed E-state index contributed by atoms with van der Waals surface area (Å²) in [7, 11) is 0. The fraction of sp³-hybridized carbons (Fsp3) is 0.684. The van der Waals surface area contributed by atoms with Crippen molar-refractivity contribution in [1.82, 2.24) is 0 Å². The molecule has 2 saturated carbocycles. The predicted octanol–water partition coefficient (Wildman–Crippen LogP) is 6.15. The van der Waals surface area contributed by atoms with E-state index in [1.54, 1.807) is 0 Å². The minimum atomic E-state index is -1.41. The largest absolute Gasteiger partial charge is 0.247 e. The lowest BCUT2D eigenvalue weighted by atomic mass is 9.89. The highest BCUT2D eigenvalue weighted by molar-refractivity contribution is 5.23. The zero-order valence-electron chi connectivity index (χ0n) is 13.5. The van der Waals surface area contributed by atoms with Gasteiger partial charge in [-0.1, -0.05) is 13.3 Å². The first-order valence-corrected chi connectivity index (χ1v) is 8.79. The molecule has 0 N–H and O–H groups in total. The van der Waals surface area contributed by atoms with E-state index in [2.05, 4.69) is 6.92 Å². The van der Waals surface area contributed by atoms with Crippen molar-refractivity contribution in [3.63, 3.8) is 0 Å². The van der Waals surface area contributed by atoms with Crippen molar-refractivity contribution in [3.8, 4) is 0 Å². The van der Waals surface area contributed by atoms with Gasteiger partial charge in [-0.05, 0) is 79.9 Å². The topological polar surface area (TPSA) is 0 Å². The van der Waals surface area contributed by atoms with E-state index in [1.165, 1.54) is 0 Å². The summed E-state index contributed by atoms with van der Waals surface area (Å²) in [6.45, 7) is 2.09. The summed E-state index contributed by atoms with van der Waals surface area (Å²) >= 11 is 0. The van der Waals surface area contributed by atoms with E-state index >= 15 is 0 Å². The maximum Gasteiger partial charge on any atom is 0.194 e. The zero-order valence-corrected chi connectivity index (χ0v) is 13.5. The van der Waals surface area contributed by atoms with Crippen molar-refractivity contribution in [1.29, 1.82) is 0 Å². The summed E-state index contributed by atoms with van der Waals surface area (Å²) in [4.78, 5) is 0. The molecule has 1 aromatic rings. The van der Waals surface area contributed by atoms with E-state index in [1.807, 2.05) is 0 Å². The number of hydrogen-bond donors (Lipinski definition) is 0. The summed E-state index contributed by atoms with van der Waals surface area (Å²) in [5, 5.41) is 0. The van der Waals surface area contributed by atoms with E-state index in [9.17, 15) is 17.6 Å². The minimum absolute atomic E-state index is 0.00188. The molecule has 0 bridgehead atoms. The summed E-state index contributed by atoms with van der Waals surface area (Å²) in [6, 6.07) is 2.22. The van der Waals surface area contributed by atoms with Crippen molar-refractivity contribution < 1.29 is 17.6 Å². The highest BCUT2D eigenvalue weighted by atomic mass is 19.2. The summed E-state index contributed by atoms with van der Waals surface area (Å²) in [6.07, 6.45) is 5.36. The number of benzene rings is 1. The van der Waals surface area contributed by atoms with Crippen LogP contribution in [0.3, 0.4) is 0 Å². The average Bonchev–Trinajstić information content (AvgIpc) is 2.70. The number of fused-ring (bicyclic) bond motifs is 1. The molecule has 0 spiro atoms. The molecule has 3 rings (SSSR count). The second-order valence-corrected chi connectivity index (χ2v) is 7.30. The Kier molecular flexibility index (Phi) is 4.98. The van der Waals surface area contributed by atoms with Gasteiger partial charge in [0.25, 0.3) is 0 Å². The lowest BCUT2D eigenvalue weighted by Gasteiger charge is -2.19. The van der Waals surface area contributed by atoms with Gasteiger partial charge >= 0.3 is 0 Å². The third-order valence-electron chi connectivity index (χ3n) is 5.94. The number of hydrogen-bond acceptors (Lipinski definition) is 0. The number of halogens is 4. The van der Waals surface area contributed by atoms with Crippen LogP contribution in [-0.4, -0.2) is 6.17 Å². The van der Waals surface area contributed by atoms with Gasteiger partial charge in [0, 0.05) is 0 Å². The van der Waals surface area contributed by atoms with Crippen molar-refractivity contribution >= 4 is 0 Å². The van der Waals surface area contributed by atoms with Gasteiger partial charge in [0.1, 0.15) is 6.17 Å². The second-order valence-electron chi connectivity index (χ2n) is 7.30. The molecule has 5 atom stereocenters. The highest BCUT2D eigenvalue weighted by Crippen LogP contribution is 2.49. The van der Waals surface area contributed by atoms with Crippen LogP contribution in [0.15, 0.2) is 12.1 Å². The van der Waals surface area contributed by atoms with Gasteiger partial charge in [-0.2, -0.15) is 0 Å². The van der Waals surface area contributed by atoms with E-state index in [4.69, 9.17) is 0 Å². The Balaban J connectivity index is 1.72. The van der Waals surface area contributed by atoms with Crippen LogP contribution in [0.2, 0.25) is 0 Å². The van der Waals surface area contributed by atoms with Crippen LogP contribution in [0, 0.1) is 35.2 Å². The van der Waals surface area contributed by atoms with Crippen molar-refractivity contribution in [2.45, 2.75) is 64.0 Å². The van der Waals surface area contributed by atoms with Gasteiger partial charge in [-0.15, -0.1) is 0 Å². The number of alkyl halides is 1. The first-order valence-electron chi connectivity index (χ1n) is 8.79. The molecular formula is C19H24F4. The van der Waals surface area contributed by atoms with Crippen LogP contribution in [0.4, 0.5) is 17.6 Å². The molecule has 2 aliphatic rings. The SMILES string of the molecule is CCCC1CC2CCC(c3cc(F)c(F)c(F)c3)CCC2C1F. The fourth-order valence-electron chi connectivity index (χ4n) is 4.78. The molecule has 23 heavy (non-hydrogen) atoms. The van der Waals surface area contributed by atoms with E-state index < -0.39 is 23.6 Å². The van der Waals surface area contributed by atoms with Gasteiger partial charge in [0.2, 0.25) is 0 Å². The van der Waals surface area contributed by atoms with Crippen molar-refractivity contribution in [2.75, 3.05) is 0 Å². The molecule has 5 unspecified atom stereocenters. The summed E-state index contributed by atoms with van der Waals surface area (Å²) < 4.78 is 54.6. The van der Waals surface area contributed by atoms with Crippen LogP contribution >= 0.6 is 0 Å². The van der Waals surface area contributed by atoms with Gasteiger partial charge in [-0.25, -0.2) is 17.6 Å². The molecule has 0 aliphatic heterocycles. The van der Waals surface area contributed by atoms with Crippen LogP contribution < -0.4 is 0 Å². The molecule has 0 heterocycles. The van der Waals surface area contributed by atoms with Crippen LogP contribution in [0.25, 0.3) is 0 Å². The lowest BCUT2D eigenvalue weighted by Crippen LogP contribution is -2.18. The molecule has 0 nitrogen and oxygen atoms in total. The maximum atomic E-state index is 14.6. The van der Waals surface area contributed by atoms with E-state index in [-0.39, 0.29) is 17.8 Å². The number of rotatable bonds is 3. The molecule has 0 amide bonds. The third kappa shape index (κ3) is 3.27. The molecule has 0 saturated heterocycles. The standard InChI is InChI=1S/C19H24F4/c1-2-3-13-8-12-5-4-11(6-7-15(12)18(13)22)14-9-16(20)19(23)17(21)10-14/h9-13,15,18H,2-8H2,1H3. The Labute approximate surface area is 135 Å². The van der Waals surface area contributed by atoms with Gasteiger partial charge < -0.3 is 0 Å².